The summed E-state index contributed by atoms with van der Waals surface area (Å²) in [5.74, 6) is -1.29. The fourth-order valence-electron chi connectivity index (χ4n) is 1.36. The molecule has 92 valence electrons. The van der Waals surface area contributed by atoms with E-state index in [1.165, 1.54) is 23.5 Å². The van der Waals surface area contributed by atoms with Crippen LogP contribution in [0.4, 0.5) is 5.69 Å². The number of amides is 1. The van der Waals surface area contributed by atoms with E-state index >= 15 is 0 Å². The van der Waals surface area contributed by atoms with E-state index in [1.807, 2.05) is 0 Å². The Morgan fingerprint density at radius 2 is 2.00 bits per heavy atom. The summed E-state index contributed by atoms with van der Waals surface area (Å²) in [4.78, 5) is 22.6. The molecular formula is C12H8BrNO3S. The zero-order valence-electron chi connectivity index (χ0n) is 9.01. The highest BCUT2D eigenvalue weighted by atomic mass is 79.9. The molecular weight excluding hydrogens is 318 g/mol. The van der Waals surface area contributed by atoms with Gasteiger partial charge >= 0.3 is 5.97 Å². The number of aromatic carboxylic acids is 1. The second kappa shape index (κ2) is 5.32. The van der Waals surface area contributed by atoms with Gasteiger partial charge in [-0.05, 0) is 40.2 Å². The van der Waals surface area contributed by atoms with Gasteiger partial charge < -0.3 is 10.4 Å². The molecule has 0 atom stereocenters. The molecule has 1 amide bonds. The molecule has 0 aliphatic heterocycles. The summed E-state index contributed by atoms with van der Waals surface area (Å²) in [6, 6.07) is 7.83. The SMILES string of the molecule is O=C(O)c1cccc(NC(=O)c2csc(Br)c2)c1. The van der Waals surface area contributed by atoms with Crippen LogP contribution in [0.5, 0.6) is 0 Å². The maximum absolute atomic E-state index is 11.8. The number of rotatable bonds is 3. The van der Waals surface area contributed by atoms with Gasteiger partial charge in [-0.1, -0.05) is 6.07 Å². The highest BCUT2D eigenvalue weighted by molar-refractivity contribution is 9.11. The third-order valence-corrected chi connectivity index (χ3v) is 3.70. The first-order valence-corrected chi connectivity index (χ1v) is 6.62. The third kappa shape index (κ3) is 2.96. The maximum atomic E-state index is 11.8. The van der Waals surface area contributed by atoms with E-state index in [0.29, 0.717) is 11.3 Å². The average molecular weight is 326 g/mol. The number of hydrogen-bond donors (Lipinski definition) is 2. The van der Waals surface area contributed by atoms with Crippen molar-refractivity contribution >= 4 is 44.8 Å². The van der Waals surface area contributed by atoms with Gasteiger partial charge in [-0.3, -0.25) is 4.79 Å². The van der Waals surface area contributed by atoms with Crippen molar-refractivity contribution in [3.05, 3.63) is 50.6 Å². The van der Waals surface area contributed by atoms with Crippen molar-refractivity contribution in [2.45, 2.75) is 0 Å². The second-order valence-corrected chi connectivity index (χ2v) is 5.77. The highest BCUT2D eigenvalue weighted by Crippen LogP contribution is 2.21. The molecule has 0 spiro atoms. The minimum absolute atomic E-state index is 0.138. The molecule has 0 fully saturated rings. The number of hydrogen-bond acceptors (Lipinski definition) is 3. The molecule has 1 aromatic heterocycles. The van der Waals surface area contributed by atoms with E-state index in [2.05, 4.69) is 21.2 Å². The second-order valence-electron chi connectivity index (χ2n) is 3.48. The van der Waals surface area contributed by atoms with Gasteiger partial charge in [0.2, 0.25) is 0 Å². The van der Waals surface area contributed by atoms with Crippen molar-refractivity contribution in [2.75, 3.05) is 5.32 Å². The zero-order valence-corrected chi connectivity index (χ0v) is 11.4. The maximum Gasteiger partial charge on any atom is 0.335 e. The van der Waals surface area contributed by atoms with Gasteiger partial charge in [-0.15, -0.1) is 11.3 Å². The number of carboxylic acids is 1. The molecule has 1 aromatic carbocycles. The van der Waals surface area contributed by atoms with Gasteiger partial charge in [0.1, 0.15) is 0 Å². The Bertz CT molecular complexity index is 609. The van der Waals surface area contributed by atoms with E-state index in [4.69, 9.17) is 5.11 Å². The lowest BCUT2D eigenvalue weighted by molar-refractivity contribution is 0.0696. The Kier molecular flexibility index (Phi) is 3.78. The zero-order chi connectivity index (χ0) is 13.1. The third-order valence-electron chi connectivity index (χ3n) is 2.20. The lowest BCUT2D eigenvalue weighted by Gasteiger charge is -2.04. The van der Waals surface area contributed by atoms with E-state index < -0.39 is 5.97 Å². The number of anilines is 1. The molecule has 2 aromatic rings. The van der Waals surface area contributed by atoms with Gasteiger partial charge in [-0.2, -0.15) is 0 Å². The minimum atomic E-state index is -1.02. The molecule has 0 saturated carbocycles. The summed E-state index contributed by atoms with van der Waals surface area (Å²) in [6.45, 7) is 0. The van der Waals surface area contributed by atoms with Crippen LogP contribution in [0.2, 0.25) is 0 Å². The van der Waals surface area contributed by atoms with Crippen LogP contribution in [0.1, 0.15) is 20.7 Å². The predicted octanol–water partition coefficient (Wildman–Crippen LogP) is 3.46. The van der Waals surface area contributed by atoms with E-state index in [-0.39, 0.29) is 11.5 Å². The van der Waals surface area contributed by atoms with Crippen LogP contribution < -0.4 is 5.32 Å². The van der Waals surface area contributed by atoms with Crippen LogP contribution in [0.25, 0.3) is 0 Å². The van der Waals surface area contributed by atoms with Crippen LogP contribution >= 0.6 is 27.3 Å². The molecule has 4 nitrogen and oxygen atoms in total. The van der Waals surface area contributed by atoms with Crippen molar-refractivity contribution in [2.24, 2.45) is 0 Å². The van der Waals surface area contributed by atoms with Crippen molar-refractivity contribution < 1.29 is 14.7 Å². The van der Waals surface area contributed by atoms with Crippen molar-refractivity contribution in [3.63, 3.8) is 0 Å². The minimum Gasteiger partial charge on any atom is -0.478 e. The number of nitrogens with one attached hydrogen (secondary N) is 1. The smallest absolute Gasteiger partial charge is 0.335 e. The molecule has 0 aliphatic rings. The topological polar surface area (TPSA) is 66.4 Å². The molecule has 6 heteroatoms. The number of carbonyl (C=O) groups is 2. The van der Waals surface area contributed by atoms with Crippen LogP contribution in [0, 0.1) is 0 Å². The Balaban J connectivity index is 2.16. The standard InChI is InChI=1S/C12H8BrNO3S/c13-10-5-8(6-18-10)11(15)14-9-3-1-2-7(4-9)12(16)17/h1-6H,(H,14,15)(H,16,17). The molecule has 2 N–H and O–H groups in total. The van der Waals surface area contributed by atoms with Gasteiger partial charge in [0, 0.05) is 11.1 Å². The molecule has 0 radical (unpaired) electrons. The van der Waals surface area contributed by atoms with E-state index in [0.717, 1.165) is 3.79 Å². The average Bonchev–Trinajstić information content (AvgIpc) is 2.76. The Hall–Kier alpha value is -1.66. The first kappa shape index (κ1) is 12.8. The van der Waals surface area contributed by atoms with Crippen molar-refractivity contribution in [1.29, 1.82) is 0 Å². The normalized spacial score (nSPS) is 10.1. The van der Waals surface area contributed by atoms with Crippen LogP contribution in [0.15, 0.2) is 39.5 Å². The Labute approximate surface area is 115 Å². The first-order chi connectivity index (χ1) is 8.56. The highest BCUT2D eigenvalue weighted by Gasteiger charge is 2.09. The quantitative estimate of drug-likeness (QED) is 0.908. The molecule has 18 heavy (non-hydrogen) atoms. The molecule has 1 heterocycles. The molecule has 0 bridgehead atoms. The summed E-state index contributed by atoms with van der Waals surface area (Å²) >= 11 is 4.69. The lowest BCUT2D eigenvalue weighted by atomic mass is 10.2. The monoisotopic (exact) mass is 325 g/mol. The molecule has 2 rings (SSSR count). The van der Waals surface area contributed by atoms with Crippen LogP contribution in [-0.4, -0.2) is 17.0 Å². The number of carboxylic acid groups (broad SMARTS) is 1. The summed E-state index contributed by atoms with van der Waals surface area (Å²) in [5.41, 5.74) is 1.13. The van der Waals surface area contributed by atoms with Crippen molar-refractivity contribution in [1.82, 2.24) is 0 Å². The predicted molar refractivity (Wildman–Crippen MR) is 73.4 cm³/mol. The molecule has 0 aliphatic carbocycles. The van der Waals surface area contributed by atoms with E-state index in [1.54, 1.807) is 23.6 Å². The number of benzene rings is 1. The van der Waals surface area contributed by atoms with Crippen LogP contribution in [-0.2, 0) is 0 Å². The lowest BCUT2D eigenvalue weighted by Crippen LogP contribution is -2.11. The first-order valence-electron chi connectivity index (χ1n) is 4.95. The molecule has 0 saturated heterocycles. The van der Waals surface area contributed by atoms with Gasteiger partial charge in [0.15, 0.2) is 0 Å². The van der Waals surface area contributed by atoms with Gasteiger partial charge in [-0.25, -0.2) is 4.79 Å². The summed E-state index contributed by atoms with van der Waals surface area (Å²) < 4.78 is 0.868. The molecule has 0 unspecified atom stereocenters. The Morgan fingerprint density at radius 1 is 1.22 bits per heavy atom. The van der Waals surface area contributed by atoms with Gasteiger partial charge in [0.05, 0.1) is 14.9 Å². The van der Waals surface area contributed by atoms with Crippen LogP contribution in [0.3, 0.4) is 0 Å². The Morgan fingerprint density at radius 3 is 2.61 bits per heavy atom. The fraction of sp³-hybridized carbons (Fsp3) is 0. The fourth-order valence-corrected chi connectivity index (χ4v) is 2.50. The summed E-state index contributed by atoms with van der Waals surface area (Å²) in [7, 11) is 0. The number of thiophene rings is 1. The number of halogens is 1. The summed E-state index contributed by atoms with van der Waals surface area (Å²) in [6.07, 6.45) is 0. The van der Waals surface area contributed by atoms with Gasteiger partial charge in [0.25, 0.3) is 5.91 Å². The number of carbonyl (C=O) groups excluding carboxylic acids is 1. The largest absolute Gasteiger partial charge is 0.478 e. The van der Waals surface area contributed by atoms with E-state index in [9.17, 15) is 9.59 Å². The summed E-state index contributed by atoms with van der Waals surface area (Å²) in [5, 5.41) is 13.2. The van der Waals surface area contributed by atoms with Crippen molar-refractivity contribution in [3.8, 4) is 0 Å².